The topological polar surface area (TPSA) is 46.6 Å². The zero-order valence-corrected chi connectivity index (χ0v) is 12.3. The molecule has 0 radical (unpaired) electrons. The number of hydrogen-bond donors (Lipinski definition) is 1. The molecule has 2 aromatic rings. The molecule has 4 heteroatoms. The van der Waals surface area contributed by atoms with Gasteiger partial charge < -0.3 is 15.0 Å². The van der Waals surface area contributed by atoms with E-state index in [-0.39, 0.29) is 0 Å². The van der Waals surface area contributed by atoms with Crippen LogP contribution >= 0.6 is 0 Å². The molecule has 0 amide bonds. The van der Waals surface area contributed by atoms with Crippen LogP contribution in [-0.4, -0.2) is 22.5 Å². The van der Waals surface area contributed by atoms with Gasteiger partial charge in [-0.05, 0) is 31.4 Å². The Labute approximate surface area is 115 Å². The van der Waals surface area contributed by atoms with Crippen molar-refractivity contribution in [1.29, 1.82) is 0 Å². The number of nitrogens with zero attached hydrogens (tertiary/aromatic N) is 3. The third-order valence-electron chi connectivity index (χ3n) is 3.61. The van der Waals surface area contributed by atoms with Crippen LogP contribution in [0.2, 0.25) is 0 Å². The van der Waals surface area contributed by atoms with E-state index >= 15 is 0 Å². The van der Waals surface area contributed by atoms with Gasteiger partial charge in [0.2, 0.25) is 0 Å². The summed E-state index contributed by atoms with van der Waals surface area (Å²) in [5.41, 5.74) is 7.95. The summed E-state index contributed by atoms with van der Waals surface area (Å²) >= 11 is 0. The highest BCUT2D eigenvalue weighted by atomic mass is 15.2. The lowest BCUT2D eigenvalue weighted by Crippen LogP contribution is -2.31. The fourth-order valence-corrected chi connectivity index (χ4v) is 2.56. The molecule has 1 atom stereocenters. The minimum atomic E-state index is 0.454. The van der Waals surface area contributed by atoms with Crippen LogP contribution in [0.5, 0.6) is 0 Å². The summed E-state index contributed by atoms with van der Waals surface area (Å²) in [7, 11) is 2.11. The minimum absolute atomic E-state index is 0.454. The lowest BCUT2D eigenvalue weighted by atomic mass is 10.0. The Morgan fingerprint density at radius 1 is 1.32 bits per heavy atom. The van der Waals surface area contributed by atoms with Gasteiger partial charge >= 0.3 is 0 Å². The number of fused-ring (bicyclic) bond motifs is 1. The van der Waals surface area contributed by atoms with Crippen molar-refractivity contribution in [1.82, 2.24) is 9.38 Å². The SMILES string of the molecule is CC(C)CC(C)N(C)c1nc2ccccn2c1CN. The van der Waals surface area contributed by atoms with Crippen LogP contribution in [0.4, 0.5) is 5.82 Å². The maximum atomic E-state index is 5.91. The summed E-state index contributed by atoms with van der Waals surface area (Å²) in [6, 6.07) is 6.48. The fourth-order valence-electron chi connectivity index (χ4n) is 2.56. The molecule has 0 aromatic carbocycles. The van der Waals surface area contributed by atoms with E-state index in [2.05, 4.69) is 37.1 Å². The number of aromatic nitrogens is 2. The van der Waals surface area contributed by atoms with Crippen molar-refractivity contribution in [3.05, 3.63) is 30.1 Å². The van der Waals surface area contributed by atoms with Gasteiger partial charge in [-0.3, -0.25) is 0 Å². The molecule has 0 fully saturated rings. The van der Waals surface area contributed by atoms with Gasteiger partial charge in [0.25, 0.3) is 0 Å². The molecule has 0 aliphatic heterocycles. The summed E-state index contributed by atoms with van der Waals surface area (Å²) in [6.07, 6.45) is 3.17. The first-order chi connectivity index (χ1) is 9.04. The van der Waals surface area contributed by atoms with E-state index in [1.54, 1.807) is 0 Å². The molecule has 2 rings (SSSR count). The van der Waals surface area contributed by atoms with E-state index in [1.807, 2.05) is 24.4 Å². The van der Waals surface area contributed by atoms with Crippen LogP contribution in [0, 0.1) is 5.92 Å². The van der Waals surface area contributed by atoms with Gasteiger partial charge in [0.15, 0.2) is 5.82 Å². The van der Waals surface area contributed by atoms with Gasteiger partial charge in [0.05, 0.1) is 5.69 Å². The van der Waals surface area contributed by atoms with E-state index in [1.165, 1.54) is 0 Å². The molecule has 0 bridgehead atoms. The van der Waals surface area contributed by atoms with Crippen LogP contribution in [0.25, 0.3) is 5.65 Å². The highest BCUT2D eigenvalue weighted by Gasteiger charge is 2.19. The highest BCUT2D eigenvalue weighted by Crippen LogP contribution is 2.23. The van der Waals surface area contributed by atoms with Crippen molar-refractivity contribution < 1.29 is 0 Å². The average Bonchev–Trinajstić information content (AvgIpc) is 2.75. The van der Waals surface area contributed by atoms with Crippen LogP contribution < -0.4 is 10.6 Å². The van der Waals surface area contributed by atoms with E-state index < -0.39 is 0 Å². The predicted octanol–water partition coefficient (Wildman–Crippen LogP) is 2.66. The second-order valence-corrected chi connectivity index (χ2v) is 5.60. The normalized spacial score (nSPS) is 13.2. The van der Waals surface area contributed by atoms with Gasteiger partial charge in [-0.15, -0.1) is 0 Å². The molecule has 19 heavy (non-hydrogen) atoms. The lowest BCUT2D eigenvalue weighted by Gasteiger charge is -2.27. The number of hydrogen-bond acceptors (Lipinski definition) is 3. The molecular weight excluding hydrogens is 236 g/mol. The van der Waals surface area contributed by atoms with Crippen LogP contribution in [-0.2, 0) is 6.54 Å². The smallest absolute Gasteiger partial charge is 0.152 e. The van der Waals surface area contributed by atoms with Crippen LogP contribution in [0.3, 0.4) is 0 Å². The van der Waals surface area contributed by atoms with Crippen molar-refractivity contribution in [3.63, 3.8) is 0 Å². The standard InChI is InChI=1S/C15H24N4/c1-11(2)9-12(3)18(4)15-13(10-16)19-8-6-5-7-14(19)17-15/h5-8,11-12H,9-10,16H2,1-4H3. The Bertz CT molecular complexity index is 544. The number of pyridine rings is 1. The maximum Gasteiger partial charge on any atom is 0.152 e. The number of nitrogens with two attached hydrogens (primary N) is 1. The van der Waals surface area contributed by atoms with E-state index in [4.69, 9.17) is 10.7 Å². The first-order valence-electron chi connectivity index (χ1n) is 6.93. The average molecular weight is 260 g/mol. The molecule has 2 heterocycles. The fraction of sp³-hybridized carbons (Fsp3) is 0.533. The van der Waals surface area contributed by atoms with Gasteiger partial charge in [-0.1, -0.05) is 19.9 Å². The first kappa shape index (κ1) is 13.9. The van der Waals surface area contributed by atoms with Crippen LogP contribution in [0.15, 0.2) is 24.4 Å². The van der Waals surface area contributed by atoms with Crippen molar-refractivity contribution >= 4 is 11.5 Å². The molecule has 0 saturated carbocycles. The van der Waals surface area contributed by atoms with Crippen molar-refractivity contribution in [2.75, 3.05) is 11.9 Å². The van der Waals surface area contributed by atoms with E-state index in [0.29, 0.717) is 18.5 Å². The number of rotatable bonds is 5. The van der Waals surface area contributed by atoms with E-state index in [9.17, 15) is 0 Å². The van der Waals surface area contributed by atoms with Crippen LogP contribution in [0.1, 0.15) is 32.9 Å². The largest absolute Gasteiger partial charge is 0.355 e. The summed E-state index contributed by atoms with van der Waals surface area (Å²) in [4.78, 5) is 6.97. The Morgan fingerprint density at radius 2 is 2.05 bits per heavy atom. The highest BCUT2D eigenvalue weighted by molar-refractivity contribution is 5.56. The first-order valence-corrected chi connectivity index (χ1v) is 6.93. The minimum Gasteiger partial charge on any atom is -0.355 e. The van der Waals surface area contributed by atoms with Crippen molar-refractivity contribution in [2.24, 2.45) is 11.7 Å². The second-order valence-electron chi connectivity index (χ2n) is 5.60. The molecule has 4 nitrogen and oxygen atoms in total. The maximum absolute atomic E-state index is 5.91. The van der Waals surface area contributed by atoms with Gasteiger partial charge in [-0.2, -0.15) is 0 Å². The summed E-state index contributed by atoms with van der Waals surface area (Å²) < 4.78 is 2.08. The summed E-state index contributed by atoms with van der Waals surface area (Å²) in [5, 5.41) is 0. The van der Waals surface area contributed by atoms with Crippen molar-refractivity contribution in [2.45, 2.75) is 39.8 Å². The summed E-state index contributed by atoms with van der Waals surface area (Å²) in [6.45, 7) is 7.24. The van der Waals surface area contributed by atoms with E-state index in [0.717, 1.165) is 23.6 Å². The number of imidazole rings is 1. The predicted molar refractivity (Wildman–Crippen MR) is 80.4 cm³/mol. The van der Waals surface area contributed by atoms with Crippen molar-refractivity contribution in [3.8, 4) is 0 Å². The molecular formula is C15H24N4. The Morgan fingerprint density at radius 3 is 2.68 bits per heavy atom. The Balaban J connectivity index is 2.38. The molecule has 2 aromatic heterocycles. The zero-order valence-electron chi connectivity index (χ0n) is 12.3. The zero-order chi connectivity index (χ0) is 14.0. The molecule has 0 aliphatic carbocycles. The third-order valence-corrected chi connectivity index (χ3v) is 3.61. The Hall–Kier alpha value is -1.55. The molecule has 2 N–H and O–H groups in total. The second kappa shape index (κ2) is 5.61. The monoisotopic (exact) mass is 260 g/mol. The molecule has 0 aliphatic rings. The molecule has 1 unspecified atom stereocenters. The summed E-state index contributed by atoms with van der Waals surface area (Å²) in [5.74, 6) is 1.68. The van der Waals surface area contributed by atoms with Gasteiger partial charge in [0, 0.05) is 25.8 Å². The molecule has 0 saturated heterocycles. The molecule has 0 spiro atoms. The van der Waals surface area contributed by atoms with Gasteiger partial charge in [0.1, 0.15) is 5.65 Å². The third kappa shape index (κ3) is 2.73. The Kier molecular flexibility index (Phi) is 4.10. The quantitative estimate of drug-likeness (QED) is 0.899. The number of anilines is 1. The van der Waals surface area contributed by atoms with Gasteiger partial charge in [-0.25, -0.2) is 4.98 Å². The molecule has 104 valence electrons. The lowest BCUT2D eigenvalue weighted by molar-refractivity contribution is 0.501.